The zero-order valence-corrected chi connectivity index (χ0v) is 9.34. The van der Waals surface area contributed by atoms with Gasteiger partial charge in [0.1, 0.15) is 0 Å². The molecule has 2 rings (SSSR count). The van der Waals surface area contributed by atoms with E-state index < -0.39 is 0 Å². The summed E-state index contributed by atoms with van der Waals surface area (Å²) in [6.07, 6.45) is 2.35. The topological polar surface area (TPSA) is 24.5 Å². The van der Waals surface area contributed by atoms with E-state index in [1.165, 1.54) is 12.8 Å². The molecule has 1 N–H and O–H groups in total. The average Bonchev–Trinajstić information content (AvgIpc) is 2.05. The number of morpholine rings is 1. The van der Waals surface area contributed by atoms with Crippen molar-refractivity contribution in [3.05, 3.63) is 0 Å². The molecule has 12 heavy (non-hydrogen) atoms. The summed E-state index contributed by atoms with van der Waals surface area (Å²) in [6, 6.07) is 0. The molecule has 2 fully saturated rings. The Balaban J connectivity index is 1.97. The maximum Gasteiger partial charge on any atom is 0.0841 e. The van der Waals surface area contributed by atoms with Crippen LogP contribution in [-0.4, -0.2) is 41.5 Å². The number of nitrogens with zero attached hydrogens (tertiary/aromatic N) is 1. The molecule has 0 saturated carbocycles. The molecule has 0 aromatic rings. The Kier molecular flexibility index (Phi) is 2.89. The normalized spacial score (nSPS) is 30.8. The second-order valence-corrected chi connectivity index (χ2v) is 4.99. The van der Waals surface area contributed by atoms with Gasteiger partial charge >= 0.3 is 0 Å². The van der Waals surface area contributed by atoms with Gasteiger partial charge in [-0.3, -0.25) is 0 Å². The number of nitrogens with one attached hydrogen (secondary N) is 1. The van der Waals surface area contributed by atoms with Crippen LogP contribution in [0.1, 0.15) is 12.8 Å². The van der Waals surface area contributed by atoms with Crippen molar-refractivity contribution in [2.45, 2.75) is 18.4 Å². The van der Waals surface area contributed by atoms with E-state index >= 15 is 0 Å². The maximum absolute atomic E-state index is 5.89. The van der Waals surface area contributed by atoms with Crippen LogP contribution in [0.2, 0.25) is 0 Å². The van der Waals surface area contributed by atoms with Gasteiger partial charge in [-0.2, -0.15) is 0 Å². The van der Waals surface area contributed by atoms with Gasteiger partial charge in [0.05, 0.1) is 12.2 Å². The first-order valence-electron chi connectivity index (χ1n) is 4.56. The van der Waals surface area contributed by atoms with Crippen molar-refractivity contribution in [2.75, 3.05) is 32.8 Å². The molecule has 0 amide bonds. The smallest absolute Gasteiger partial charge is 0.0841 e. The van der Waals surface area contributed by atoms with Gasteiger partial charge in [0.2, 0.25) is 0 Å². The lowest BCUT2D eigenvalue weighted by atomic mass is 9.91. The molecule has 0 aromatic heterocycles. The zero-order chi connectivity index (χ0) is 8.44. The van der Waals surface area contributed by atoms with Crippen molar-refractivity contribution in [1.29, 1.82) is 0 Å². The van der Waals surface area contributed by atoms with Gasteiger partial charge < -0.3 is 10.1 Å². The molecule has 70 valence electrons. The molecule has 0 radical (unpaired) electrons. The van der Waals surface area contributed by atoms with Crippen molar-refractivity contribution in [1.82, 2.24) is 8.43 Å². The molecule has 2 saturated heterocycles. The molecule has 0 atom stereocenters. The highest BCUT2D eigenvalue weighted by molar-refractivity contribution is 14.1. The van der Waals surface area contributed by atoms with Gasteiger partial charge in [0.15, 0.2) is 0 Å². The quantitative estimate of drug-likeness (QED) is 0.525. The highest BCUT2D eigenvalue weighted by Gasteiger charge is 2.36. The number of ether oxygens (including phenoxy) is 1. The minimum Gasteiger partial charge on any atom is -0.372 e. The molecule has 0 unspecified atom stereocenters. The lowest BCUT2D eigenvalue weighted by Gasteiger charge is -2.43. The van der Waals surface area contributed by atoms with Crippen molar-refractivity contribution in [3.63, 3.8) is 0 Å². The molecular formula is C8H15IN2O. The van der Waals surface area contributed by atoms with Gasteiger partial charge in [-0.25, -0.2) is 3.11 Å². The number of hydrogen-bond acceptors (Lipinski definition) is 3. The lowest BCUT2D eigenvalue weighted by Crippen LogP contribution is -2.53. The van der Waals surface area contributed by atoms with E-state index in [0.717, 1.165) is 32.8 Å². The van der Waals surface area contributed by atoms with Crippen molar-refractivity contribution in [2.24, 2.45) is 0 Å². The molecule has 2 aliphatic rings. The molecule has 3 nitrogen and oxygen atoms in total. The fraction of sp³-hybridized carbons (Fsp3) is 1.00. The van der Waals surface area contributed by atoms with Crippen LogP contribution in [0.3, 0.4) is 0 Å². The molecule has 0 aliphatic carbocycles. The van der Waals surface area contributed by atoms with E-state index in [9.17, 15) is 0 Å². The average molecular weight is 282 g/mol. The molecule has 0 bridgehead atoms. The number of halogens is 1. The molecule has 1 spiro atoms. The minimum atomic E-state index is 0.185. The Morgan fingerprint density at radius 3 is 2.75 bits per heavy atom. The van der Waals surface area contributed by atoms with Gasteiger partial charge in [-0.15, -0.1) is 0 Å². The lowest BCUT2D eigenvalue weighted by molar-refractivity contribution is -0.0993. The summed E-state index contributed by atoms with van der Waals surface area (Å²) >= 11 is 2.40. The highest BCUT2D eigenvalue weighted by Crippen LogP contribution is 2.28. The van der Waals surface area contributed by atoms with Crippen LogP contribution >= 0.6 is 22.9 Å². The van der Waals surface area contributed by atoms with E-state index in [-0.39, 0.29) is 5.60 Å². The van der Waals surface area contributed by atoms with Crippen LogP contribution in [0.5, 0.6) is 0 Å². The molecule has 2 heterocycles. The minimum absolute atomic E-state index is 0.185. The molecule has 4 heteroatoms. The summed E-state index contributed by atoms with van der Waals surface area (Å²) in [7, 11) is 0. The third kappa shape index (κ3) is 1.92. The van der Waals surface area contributed by atoms with Crippen LogP contribution in [0.25, 0.3) is 0 Å². The van der Waals surface area contributed by atoms with Gasteiger partial charge in [-0.05, 0) is 25.9 Å². The zero-order valence-electron chi connectivity index (χ0n) is 7.18. The van der Waals surface area contributed by atoms with Gasteiger partial charge in [0.25, 0.3) is 0 Å². The highest BCUT2D eigenvalue weighted by atomic mass is 127. The van der Waals surface area contributed by atoms with Gasteiger partial charge in [0, 0.05) is 36.0 Å². The Hall–Kier alpha value is 0.610. The number of rotatable bonds is 0. The second-order valence-electron chi connectivity index (χ2n) is 3.63. The van der Waals surface area contributed by atoms with Crippen LogP contribution in [0.4, 0.5) is 0 Å². The van der Waals surface area contributed by atoms with E-state index in [4.69, 9.17) is 4.74 Å². The summed E-state index contributed by atoms with van der Waals surface area (Å²) in [4.78, 5) is 0. The summed E-state index contributed by atoms with van der Waals surface area (Å²) in [5.41, 5.74) is 0.185. The molecule has 2 aliphatic heterocycles. The van der Waals surface area contributed by atoms with Crippen LogP contribution in [0.15, 0.2) is 0 Å². The Morgan fingerprint density at radius 1 is 1.33 bits per heavy atom. The maximum atomic E-state index is 5.89. The first-order chi connectivity index (χ1) is 5.81. The third-order valence-electron chi connectivity index (χ3n) is 2.72. The van der Waals surface area contributed by atoms with E-state index in [1.807, 2.05) is 0 Å². The fourth-order valence-electron chi connectivity index (χ4n) is 1.98. The third-order valence-corrected chi connectivity index (χ3v) is 3.54. The first kappa shape index (κ1) is 9.18. The Bertz CT molecular complexity index is 154. The summed E-state index contributed by atoms with van der Waals surface area (Å²) < 4.78 is 8.24. The summed E-state index contributed by atoms with van der Waals surface area (Å²) in [5, 5.41) is 3.37. The Morgan fingerprint density at radius 2 is 2.08 bits per heavy atom. The van der Waals surface area contributed by atoms with E-state index in [2.05, 4.69) is 31.3 Å². The predicted octanol–water partition coefficient (Wildman–Crippen LogP) is 0.791. The number of hydrogen-bond donors (Lipinski definition) is 1. The fourth-order valence-corrected chi connectivity index (χ4v) is 2.80. The SMILES string of the molecule is IN1CCOC2(CCNCC2)C1. The van der Waals surface area contributed by atoms with Crippen LogP contribution in [-0.2, 0) is 4.74 Å². The van der Waals surface area contributed by atoms with Crippen molar-refractivity contribution < 1.29 is 4.74 Å². The predicted molar refractivity (Wildman–Crippen MR) is 56.4 cm³/mol. The van der Waals surface area contributed by atoms with E-state index in [1.54, 1.807) is 0 Å². The second kappa shape index (κ2) is 3.77. The standard InChI is InChI=1S/C8H15IN2O/c9-11-5-6-12-8(7-11)1-3-10-4-2-8/h10H,1-7H2. The van der Waals surface area contributed by atoms with Crippen LogP contribution < -0.4 is 5.32 Å². The summed E-state index contributed by atoms with van der Waals surface area (Å²) in [5.74, 6) is 0. The van der Waals surface area contributed by atoms with E-state index in [0.29, 0.717) is 0 Å². The number of piperidine rings is 1. The van der Waals surface area contributed by atoms with Crippen LogP contribution in [0, 0.1) is 0 Å². The molecular weight excluding hydrogens is 267 g/mol. The monoisotopic (exact) mass is 282 g/mol. The summed E-state index contributed by atoms with van der Waals surface area (Å²) in [6.45, 7) is 5.32. The Labute approximate surface area is 87.3 Å². The first-order valence-corrected chi connectivity index (χ1v) is 5.53. The van der Waals surface area contributed by atoms with Gasteiger partial charge in [-0.1, -0.05) is 0 Å². The largest absolute Gasteiger partial charge is 0.372 e. The molecule has 0 aromatic carbocycles. The van der Waals surface area contributed by atoms with Crippen molar-refractivity contribution in [3.8, 4) is 0 Å². The van der Waals surface area contributed by atoms with Crippen molar-refractivity contribution >= 4 is 22.9 Å².